The standard InChI is InChI=1S/C63H51NO/c1-42-37-38-49-50-39-40-56(63(45-25-10-4-11-26-45)52-32-17-14-29-47(52)48-30-15-18-33-53(48)63)60(61(50)65-58(49)41-42)64(46-27-12-5-13-28-46)57-36-20-35-55-59(57)51-31-16-19-34-54(51)62(55,43-21-6-2-7-22-43)44-23-8-3-9-24-44/h2-12,14-26,29-32,34-40,42,46,53H,13,27-28,33,41H2,1H3. The molecule has 13 rings (SSSR count). The number of furan rings is 1. The van der Waals surface area contributed by atoms with Crippen LogP contribution < -0.4 is 4.90 Å². The molecule has 1 heterocycles. The van der Waals surface area contributed by atoms with E-state index in [1.807, 2.05) is 0 Å². The minimum Gasteiger partial charge on any atom is -0.458 e. The molecule has 4 unspecified atom stereocenters. The number of anilines is 2. The first-order chi connectivity index (χ1) is 32.2. The third-order valence-corrected chi connectivity index (χ3v) is 15.6. The van der Waals surface area contributed by atoms with E-state index < -0.39 is 10.8 Å². The van der Waals surface area contributed by atoms with E-state index in [0.29, 0.717) is 5.92 Å². The van der Waals surface area contributed by atoms with Gasteiger partial charge >= 0.3 is 0 Å². The average molecular weight is 838 g/mol. The van der Waals surface area contributed by atoms with Crippen molar-refractivity contribution < 1.29 is 4.42 Å². The normalized spacial score (nSPS) is 21.9. The lowest BCUT2D eigenvalue weighted by Crippen LogP contribution is -2.39. The van der Waals surface area contributed by atoms with Crippen LogP contribution in [-0.2, 0) is 17.3 Å². The summed E-state index contributed by atoms with van der Waals surface area (Å²) in [7, 11) is 0. The lowest BCUT2D eigenvalue weighted by molar-refractivity contribution is 0.478. The zero-order chi connectivity index (χ0) is 43.1. The summed E-state index contributed by atoms with van der Waals surface area (Å²) < 4.78 is 7.52. The van der Waals surface area contributed by atoms with Gasteiger partial charge in [-0.2, -0.15) is 0 Å². The number of fused-ring (bicyclic) bond motifs is 9. The van der Waals surface area contributed by atoms with Gasteiger partial charge in [0.2, 0.25) is 0 Å². The molecule has 0 saturated carbocycles. The fourth-order valence-corrected chi connectivity index (χ4v) is 13.0. The Bertz CT molecular complexity index is 3230. The molecule has 2 heteroatoms. The van der Waals surface area contributed by atoms with Crippen molar-refractivity contribution in [3.8, 4) is 11.1 Å². The molecule has 5 aliphatic carbocycles. The Kier molecular flexibility index (Phi) is 8.82. The minimum absolute atomic E-state index is 0.175. The lowest BCUT2D eigenvalue weighted by atomic mass is 9.62. The molecular formula is C63H51NO. The number of nitrogens with zero attached hydrogens (tertiary/aromatic N) is 1. The maximum atomic E-state index is 7.52. The lowest BCUT2D eigenvalue weighted by Gasteiger charge is -2.44. The van der Waals surface area contributed by atoms with Crippen molar-refractivity contribution in [3.63, 3.8) is 0 Å². The highest BCUT2D eigenvalue weighted by Crippen LogP contribution is 2.64. The van der Waals surface area contributed by atoms with Gasteiger partial charge in [-0.25, -0.2) is 0 Å². The van der Waals surface area contributed by atoms with E-state index in [9.17, 15) is 0 Å². The van der Waals surface area contributed by atoms with E-state index in [2.05, 4.69) is 224 Å². The van der Waals surface area contributed by atoms with Gasteiger partial charge in [-0.1, -0.05) is 213 Å². The van der Waals surface area contributed by atoms with Crippen LogP contribution in [0.2, 0.25) is 0 Å². The topological polar surface area (TPSA) is 16.4 Å². The van der Waals surface area contributed by atoms with Gasteiger partial charge in [0, 0.05) is 40.6 Å². The van der Waals surface area contributed by atoms with E-state index in [-0.39, 0.29) is 12.0 Å². The van der Waals surface area contributed by atoms with E-state index in [4.69, 9.17) is 4.42 Å². The fraction of sp³-hybridized carbons (Fsp3) is 0.175. The predicted octanol–water partition coefficient (Wildman–Crippen LogP) is 15.6. The summed E-state index contributed by atoms with van der Waals surface area (Å²) in [6.45, 7) is 2.31. The van der Waals surface area contributed by atoms with Gasteiger partial charge in [0.05, 0.1) is 16.5 Å². The second kappa shape index (κ2) is 15.0. The van der Waals surface area contributed by atoms with Gasteiger partial charge in [0.25, 0.3) is 0 Å². The summed E-state index contributed by atoms with van der Waals surface area (Å²) >= 11 is 0. The molecule has 0 spiro atoms. The summed E-state index contributed by atoms with van der Waals surface area (Å²) in [6.07, 6.45) is 21.4. The van der Waals surface area contributed by atoms with Crippen molar-refractivity contribution in [3.05, 3.63) is 262 Å². The molecule has 0 bridgehead atoms. The summed E-state index contributed by atoms with van der Waals surface area (Å²) in [5, 5.41) is 1.20. The molecule has 0 amide bonds. The fourth-order valence-electron chi connectivity index (χ4n) is 13.0. The maximum Gasteiger partial charge on any atom is 0.158 e. The van der Waals surface area contributed by atoms with Gasteiger partial charge in [0.1, 0.15) is 5.76 Å². The number of hydrogen-bond acceptors (Lipinski definition) is 2. The highest BCUT2D eigenvalue weighted by molar-refractivity contribution is 6.04. The van der Waals surface area contributed by atoms with Gasteiger partial charge < -0.3 is 9.32 Å². The van der Waals surface area contributed by atoms with Crippen molar-refractivity contribution in [2.75, 3.05) is 4.90 Å². The molecule has 0 radical (unpaired) electrons. The largest absolute Gasteiger partial charge is 0.458 e. The van der Waals surface area contributed by atoms with Crippen LogP contribution in [-0.4, -0.2) is 6.04 Å². The summed E-state index contributed by atoms with van der Waals surface area (Å²) in [6, 6.07) is 64.7. The first-order valence-electron chi connectivity index (χ1n) is 23.8. The SMILES string of the molecule is CC1C=Cc2c(oc3c(N(c4cccc5c4-c4ccccc4C5(c4ccccc4)c4ccccc4)C4CC=CCC4)c(C4(c5ccccc5)c5ccccc5C5=CC=CCC54)ccc23)C1. The number of rotatable bonds is 7. The zero-order valence-corrected chi connectivity index (χ0v) is 36.8. The minimum atomic E-state index is -0.522. The quantitative estimate of drug-likeness (QED) is 0.149. The van der Waals surface area contributed by atoms with Gasteiger partial charge in [-0.3, -0.25) is 0 Å². The Balaban J connectivity index is 1.19. The molecule has 65 heavy (non-hydrogen) atoms. The average Bonchev–Trinajstić information content (AvgIpc) is 4.00. The van der Waals surface area contributed by atoms with Crippen molar-refractivity contribution in [2.45, 2.75) is 55.9 Å². The van der Waals surface area contributed by atoms with Crippen molar-refractivity contribution in [1.29, 1.82) is 0 Å². The molecule has 0 aliphatic heterocycles. The molecule has 1 aromatic heterocycles. The molecule has 0 N–H and O–H groups in total. The Morgan fingerprint density at radius 2 is 1.26 bits per heavy atom. The van der Waals surface area contributed by atoms with Crippen LogP contribution >= 0.6 is 0 Å². The first kappa shape index (κ1) is 38.3. The van der Waals surface area contributed by atoms with Crippen LogP contribution in [0.25, 0.3) is 33.7 Å². The van der Waals surface area contributed by atoms with E-state index in [0.717, 1.165) is 43.4 Å². The molecule has 0 saturated heterocycles. The Labute approximate surface area is 382 Å². The monoisotopic (exact) mass is 837 g/mol. The van der Waals surface area contributed by atoms with Gasteiger partial charge in [-0.15, -0.1) is 0 Å². The first-order valence-corrected chi connectivity index (χ1v) is 23.8. The summed E-state index contributed by atoms with van der Waals surface area (Å²) in [5.74, 6) is 1.68. The molecule has 8 aromatic rings. The van der Waals surface area contributed by atoms with E-state index in [1.54, 1.807) is 0 Å². The van der Waals surface area contributed by atoms with Crippen LogP contribution in [0.3, 0.4) is 0 Å². The highest BCUT2D eigenvalue weighted by atomic mass is 16.3. The molecule has 7 aromatic carbocycles. The molecule has 0 fully saturated rings. The maximum absolute atomic E-state index is 7.52. The third-order valence-electron chi connectivity index (χ3n) is 15.6. The second-order valence-electron chi connectivity index (χ2n) is 18.9. The molecule has 4 atom stereocenters. The van der Waals surface area contributed by atoms with E-state index >= 15 is 0 Å². The van der Waals surface area contributed by atoms with Crippen molar-refractivity contribution in [2.24, 2.45) is 11.8 Å². The number of hydrogen-bond donors (Lipinski definition) is 0. The Hall–Kier alpha value is -7.16. The van der Waals surface area contributed by atoms with Crippen LogP contribution in [0.1, 0.15) is 88.4 Å². The summed E-state index contributed by atoms with van der Waals surface area (Å²) in [4.78, 5) is 2.80. The smallest absolute Gasteiger partial charge is 0.158 e. The van der Waals surface area contributed by atoms with Gasteiger partial charge in [-0.05, 0) is 93.3 Å². The van der Waals surface area contributed by atoms with Crippen LogP contribution in [0.4, 0.5) is 11.4 Å². The summed E-state index contributed by atoms with van der Waals surface area (Å²) in [5.41, 5.74) is 18.2. The molecule has 5 aliphatic rings. The molecule has 2 nitrogen and oxygen atoms in total. The molecule has 314 valence electrons. The molecular weight excluding hydrogens is 787 g/mol. The van der Waals surface area contributed by atoms with Crippen LogP contribution in [0.5, 0.6) is 0 Å². The number of allylic oxidation sites excluding steroid dienone is 6. The highest BCUT2D eigenvalue weighted by Gasteiger charge is 2.54. The van der Waals surface area contributed by atoms with Crippen molar-refractivity contribution in [1.82, 2.24) is 0 Å². The number of benzene rings is 7. The van der Waals surface area contributed by atoms with E-state index in [1.165, 1.54) is 83.5 Å². The van der Waals surface area contributed by atoms with Crippen LogP contribution in [0.15, 0.2) is 211 Å². The second-order valence-corrected chi connectivity index (χ2v) is 18.9. The van der Waals surface area contributed by atoms with Crippen molar-refractivity contribution >= 4 is 34.0 Å². The zero-order valence-electron chi connectivity index (χ0n) is 36.8. The van der Waals surface area contributed by atoms with Crippen LogP contribution in [0, 0.1) is 11.8 Å². The van der Waals surface area contributed by atoms with Gasteiger partial charge in [0.15, 0.2) is 5.58 Å². The third kappa shape index (κ3) is 5.40. The Morgan fingerprint density at radius 1 is 0.585 bits per heavy atom. The Morgan fingerprint density at radius 3 is 2.00 bits per heavy atom. The predicted molar refractivity (Wildman–Crippen MR) is 269 cm³/mol.